The number of hydrogen-bond donors (Lipinski definition) is 2. The number of hydrazine groups is 1. The van der Waals surface area contributed by atoms with Crippen molar-refractivity contribution in [2.45, 2.75) is 26.1 Å². The molecule has 0 aliphatic carbocycles. The number of alkyl halides is 3. The lowest BCUT2D eigenvalue weighted by molar-refractivity contribution is -0.137. The lowest BCUT2D eigenvalue weighted by Gasteiger charge is -2.21. The molecule has 0 radical (unpaired) electrons. The van der Waals surface area contributed by atoms with Gasteiger partial charge in [0.1, 0.15) is 5.75 Å². The Hall–Kier alpha value is -1.76. The molecule has 1 atom stereocenters. The van der Waals surface area contributed by atoms with Crippen molar-refractivity contribution in [1.82, 2.24) is 5.43 Å². The number of rotatable bonds is 4. The first-order valence-corrected chi connectivity index (χ1v) is 5.60. The van der Waals surface area contributed by atoms with Gasteiger partial charge in [0.15, 0.2) is 6.10 Å². The minimum absolute atomic E-state index is 0.0304. The summed E-state index contributed by atoms with van der Waals surface area (Å²) in [6.45, 7) is 3.40. The molecule has 1 rings (SSSR count). The van der Waals surface area contributed by atoms with Crippen molar-refractivity contribution >= 4 is 5.91 Å². The molecule has 0 saturated carbocycles. The number of carbonyl (C=O) groups excluding carboxylic acids is 1. The maximum absolute atomic E-state index is 12.5. The number of halogens is 3. The van der Waals surface area contributed by atoms with Crippen LogP contribution in [0.4, 0.5) is 13.2 Å². The maximum atomic E-state index is 12.5. The molecular formula is C12H15F3N2O2. The number of hydrogen-bond acceptors (Lipinski definition) is 3. The summed E-state index contributed by atoms with van der Waals surface area (Å²) < 4.78 is 42.9. The molecule has 1 aromatic rings. The van der Waals surface area contributed by atoms with E-state index in [9.17, 15) is 18.0 Å². The zero-order valence-corrected chi connectivity index (χ0v) is 10.5. The quantitative estimate of drug-likeness (QED) is 0.503. The highest BCUT2D eigenvalue weighted by atomic mass is 19.4. The van der Waals surface area contributed by atoms with Crippen LogP contribution in [0.1, 0.15) is 19.4 Å². The Labute approximate surface area is 108 Å². The summed E-state index contributed by atoms with van der Waals surface area (Å²) in [4.78, 5) is 11.5. The van der Waals surface area contributed by atoms with Gasteiger partial charge in [-0.05, 0) is 24.1 Å². The summed E-state index contributed by atoms with van der Waals surface area (Å²) >= 11 is 0. The molecule has 0 aromatic heterocycles. The average Bonchev–Trinajstić information content (AvgIpc) is 2.34. The van der Waals surface area contributed by atoms with Gasteiger partial charge in [-0.1, -0.05) is 19.9 Å². The fourth-order valence-corrected chi connectivity index (χ4v) is 1.47. The predicted octanol–water partition coefficient (Wildman–Crippen LogP) is 2.10. The van der Waals surface area contributed by atoms with Crippen molar-refractivity contribution in [3.63, 3.8) is 0 Å². The van der Waals surface area contributed by atoms with Crippen molar-refractivity contribution in [1.29, 1.82) is 0 Å². The van der Waals surface area contributed by atoms with E-state index in [-0.39, 0.29) is 11.7 Å². The topological polar surface area (TPSA) is 64.3 Å². The van der Waals surface area contributed by atoms with Crippen LogP contribution >= 0.6 is 0 Å². The molecule has 0 aliphatic rings. The van der Waals surface area contributed by atoms with Crippen molar-refractivity contribution in [3.05, 3.63) is 29.8 Å². The van der Waals surface area contributed by atoms with Crippen LogP contribution in [-0.4, -0.2) is 12.0 Å². The number of benzene rings is 1. The highest BCUT2D eigenvalue weighted by molar-refractivity contribution is 5.80. The van der Waals surface area contributed by atoms with Gasteiger partial charge in [0.25, 0.3) is 5.91 Å². The van der Waals surface area contributed by atoms with Crippen molar-refractivity contribution in [2.24, 2.45) is 11.8 Å². The van der Waals surface area contributed by atoms with Gasteiger partial charge in [-0.3, -0.25) is 10.2 Å². The third kappa shape index (κ3) is 4.13. The molecule has 0 spiro atoms. The number of amides is 1. The van der Waals surface area contributed by atoms with Gasteiger partial charge < -0.3 is 4.74 Å². The standard InChI is InChI=1S/C12H15F3N2O2/c1-7(2)10(11(18)17-16)19-9-5-3-4-8(6-9)12(13,14)15/h3-7,10H,16H2,1-2H3,(H,17,18). The van der Waals surface area contributed by atoms with Crippen LogP contribution in [0, 0.1) is 5.92 Å². The third-order valence-electron chi connectivity index (χ3n) is 2.43. The first-order valence-electron chi connectivity index (χ1n) is 5.60. The Morgan fingerprint density at radius 2 is 2.00 bits per heavy atom. The van der Waals surface area contributed by atoms with Crippen molar-refractivity contribution < 1.29 is 22.7 Å². The molecule has 1 amide bonds. The van der Waals surface area contributed by atoms with E-state index in [1.165, 1.54) is 12.1 Å². The van der Waals surface area contributed by atoms with Gasteiger partial charge in [0, 0.05) is 0 Å². The monoisotopic (exact) mass is 276 g/mol. The first-order chi connectivity index (χ1) is 8.75. The molecule has 106 valence electrons. The Balaban J connectivity index is 2.95. The second kappa shape index (κ2) is 5.92. The summed E-state index contributed by atoms with van der Waals surface area (Å²) in [6, 6.07) is 4.35. The maximum Gasteiger partial charge on any atom is 0.416 e. The molecule has 19 heavy (non-hydrogen) atoms. The van der Waals surface area contributed by atoms with Crippen molar-refractivity contribution in [2.75, 3.05) is 0 Å². The van der Waals surface area contributed by atoms with Crippen LogP contribution in [0.2, 0.25) is 0 Å². The third-order valence-corrected chi connectivity index (χ3v) is 2.43. The Morgan fingerprint density at radius 1 is 1.37 bits per heavy atom. The highest BCUT2D eigenvalue weighted by Gasteiger charge is 2.31. The largest absolute Gasteiger partial charge is 0.480 e. The van der Waals surface area contributed by atoms with Crippen LogP contribution in [-0.2, 0) is 11.0 Å². The van der Waals surface area contributed by atoms with Gasteiger partial charge in [0.05, 0.1) is 5.56 Å². The molecule has 1 unspecified atom stereocenters. The number of nitrogens with two attached hydrogens (primary N) is 1. The van der Waals surface area contributed by atoms with Crippen LogP contribution in [0.25, 0.3) is 0 Å². The van der Waals surface area contributed by atoms with E-state index >= 15 is 0 Å². The minimum atomic E-state index is -4.46. The second-order valence-corrected chi connectivity index (χ2v) is 4.32. The summed E-state index contributed by atoms with van der Waals surface area (Å²) in [5.74, 6) is 4.15. The number of carbonyl (C=O) groups is 1. The smallest absolute Gasteiger partial charge is 0.416 e. The summed E-state index contributed by atoms with van der Waals surface area (Å²) in [5, 5.41) is 0. The van der Waals surface area contributed by atoms with Crippen LogP contribution in [0.15, 0.2) is 24.3 Å². The van der Waals surface area contributed by atoms with Gasteiger partial charge >= 0.3 is 6.18 Å². The van der Waals surface area contributed by atoms with E-state index in [1.807, 2.05) is 5.43 Å². The number of nitrogens with one attached hydrogen (secondary N) is 1. The van der Waals surface area contributed by atoms with Gasteiger partial charge in [-0.2, -0.15) is 13.2 Å². The molecule has 3 N–H and O–H groups in total. The molecule has 4 nitrogen and oxygen atoms in total. The van der Waals surface area contributed by atoms with Crippen LogP contribution in [0.3, 0.4) is 0 Å². The predicted molar refractivity (Wildman–Crippen MR) is 63.0 cm³/mol. The highest BCUT2D eigenvalue weighted by Crippen LogP contribution is 2.31. The normalized spacial score (nSPS) is 13.2. The van der Waals surface area contributed by atoms with Gasteiger partial charge in [-0.15, -0.1) is 0 Å². The van der Waals surface area contributed by atoms with Gasteiger partial charge in [0.2, 0.25) is 0 Å². The van der Waals surface area contributed by atoms with Crippen LogP contribution in [0.5, 0.6) is 5.75 Å². The number of ether oxygens (including phenoxy) is 1. The average molecular weight is 276 g/mol. The second-order valence-electron chi connectivity index (χ2n) is 4.32. The molecule has 0 fully saturated rings. The van der Waals surface area contributed by atoms with Crippen molar-refractivity contribution in [3.8, 4) is 5.75 Å². The molecule has 0 aliphatic heterocycles. The molecule has 0 heterocycles. The van der Waals surface area contributed by atoms with E-state index in [2.05, 4.69) is 0 Å². The lowest BCUT2D eigenvalue weighted by Crippen LogP contribution is -2.44. The fourth-order valence-electron chi connectivity index (χ4n) is 1.47. The molecule has 0 bridgehead atoms. The first kappa shape index (κ1) is 15.3. The Morgan fingerprint density at radius 3 is 2.47 bits per heavy atom. The summed E-state index contributed by atoms with van der Waals surface area (Å²) in [5.41, 5.74) is 1.09. The van der Waals surface area contributed by atoms with Gasteiger partial charge in [-0.25, -0.2) is 5.84 Å². The summed E-state index contributed by atoms with van der Waals surface area (Å²) in [6.07, 6.45) is -5.41. The van der Waals surface area contributed by atoms with E-state index in [4.69, 9.17) is 10.6 Å². The van der Waals surface area contributed by atoms with E-state index in [1.54, 1.807) is 13.8 Å². The zero-order valence-electron chi connectivity index (χ0n) is 10.5. The lowest BCUT2D eigenvalue weighted by atomic mass is 10.1. The molecule has 0 saturated heterocycles. The summed E-state index contributed by atoms with van der Waals surface area (Å²) in [7, 11) is 0. The fraction of sp³-hybridized carbons (Fsp3) is 0.417. The van der Waals surface area contributed by atoms with Crippen LogP contribution < -0.4 is 16.0 Å². The van der Waals surface area contributed by atoms with E-state index in [0.29, 0.717) is 0 Å². The Bertz CT molecular complexity index is 447. The SMILES string of the molecule is CC(C)C(Oc1cccc(C(F)(F)F)c1)C(=O)NN. The Kier molecular flexibility index (Phi) is 4.77. The zero-order chi connectivity index (χ0) is 14.6. The molecule has 1 aromatic carbocycles. The minimum Gasteiger partial charge on any atom is -0.480 e. The van der Waals surface area contributed by atoms with E-state index < -0.39 is 23.8 Å². The van der Waals surface area contributed by atoms with E-state index in [0.717, 1.165) is 12.1 Å². The molecule has 7 heteroatoms. The molecular weight excluding hydrogens is 261 g/mol.